The van der Waals surface area contributed by atoms with Crippen LogP contribution in [0.1, 0.15) is 12.5 Å². The molecule has 0 aliphatic heterocycles. The molecule has 0 bridgehead atoms. The Morgan fingerprint density at radius 1 is 1.47 bits per heavy atom. The maximum atomic E-state index is 11.4. The van der Waals surface area contributed by atoms with E-state index in [0.29, 0.717) is 13.1 Å². The molecule has 1 aromatic carbocycles. The third kappa shape index (κ3) is 5.39. The third-order valence-corrected chi connectivity index (χ3v) is 2.82. The van der Waals surface area contributed by atoms with Crippen molar-refractivity contribution in [2.24, 2.45) is 11.7 Å². The minimum atomic E-state index is -0.133. The van der Waals surface area contributed by atoms with Crippen molar-refractivity contribution in [2.75, 3.05) is 13.1 Å². The Labute approximate surface area is 113 Å². The first-order chi connectivity index (χ1) is 7.65. The molecule has 0 saturated carbocycles. The van der Waals surface area contributed by atoms with Gasteiger partial charge in [0.2, 0.25) is 5.91 Å². The fourth-order valence-corrected chi connectivity index (χ4v) is 1.53. The van der Waals surface area contributed by atoms with E-state index in [4.69, 9.17) is 17.3 Å². The van der Waals surface area contributed by atoms with Crippen molar-refractivity contribution >= 4 is 29.9 Å². The summed E-state index contributed by atoms with van der Waals surface area (Å²) in [5, 5.41) is 3.57. The van der Waals surface area contributed by atoms with Gasteiger partial charge in [-0.3, -0.25) is 4.79 Å². The highest BCUT2D eigenvalue weighted by atomic mass is 35.5. The quantitative estimate of drug-likeness (QED) is 0.865. The smallest absolute Gasteiger partial charge is 0.224 e. The van der Waals surface area contributed by atoms with Crippen molar-refractivity contribution in [3.05, 3.63) is 34.9 Å². The van der Waals surface area contributed by atoms with E-state index in [9.17, 15) is 4.79 Å². The van der Waals surface area contributed by atoms with Gasteiger partial charge in [0.1, 0.15) is 0 Å². The van der Waals surface area contributed by atoms with E-state index in [1.165, 1.54) is 0 Å². The fraction of sp³-hybridized carbons (Fsp3) is 0.417. The van der Waals surface area contributed by atoms with Gasteiger partial charge in [-0.1, -0.05) is 36.7 Å². The van der Waals surface area contributed by atoms with Gasteiger partial charge < -0.3 is 11.1 Å². The summed E-state index contributed by atoms with van der Waals surface area (Å²) in [4.78, 5) is 11.4. The largest absolute Gasteiger partial charge is 0.355 e. The number of nitrogens with one attached hydrogen (secondary N) is 1. The Hall–Kier alpha value is -0.770. The van der Waals surface area contributed by atoms with E-state index >= 15 is 0 Å². The number of carbonyl (C=O) groups is 1. The summed E-state index contributed by atoms with van der Waals surface area (Å²) in [6, 6.07) is 7.63. The summed E-state index contributed by atoms with van der Waals surface area (Å²) in [5.41, 5.74) is 6.44. The number of benzene rings is 1. The molecule has 1 unspecified atom stereocenters. The van der Waals surface area contributed by atoms with E-state index in [-0.39, 0.29) is 24.2 Å². The third-order valence-electron chi connectivity index (χ3n) is 2.45. The molecule has 5 heteroatoms. The maximum absolute atomic E-state index is 11.4. The first-order valence-corrected chi connectivity index (χ1v) is 5.74. The average molecular weight is 277 g/mol. The number of halogens is 2. The Bertz CT molecular complexity index is 358. The molecule has 0 aliphatic rings. The van der Waals surface area contributed by atoms with Crippen LogP contribution in [0.15, 0.2) is 24.3 Å². The first kappa shape index (κ1) is 16.2. The van der Waals surface area contributed by atoms with Gasteiger partial charge in [0.15, 0.2) is 0 Å². The van der Waals surface area contributed by atoms with Crippen molar-refractivity contribution in [3.63, 3.8) is 0 Å². The lowest BCUT2D eigenvalue weighted by atomic mass is 10.1. The minimum absolute atomic E-state index is 0. The molecule has 1 amide bonds. The molecule has 0 aromatic heterocycles. The molecule has 1 aromatic rings. The summed E-state index contributed by atoms with van der Waals surface area (Å²) in [5.74, 6) is -0.138. The summed E-state index contributed by atoms with van der Waals surface area (Å²) in [6.07, 6.45) is 0.739. The minimum Gasteiger partial charge on any atom is -0.355 e. The highest BCUT2D eigenvalue weighted by Gasteiger charge is 2.09. The highest BCUT2D eigenvalue weighted by molar-refractivity contribution is 6.31. The van der Waals surface area contributed by atoms with Gasteiger partial charge >= 0.3 is 0 Å². The van der Waals surface area contributed by atoms with Crippen molar-refractivity contribution < 1.29 is 4.79 Å². The van der Waals surface area contributed by atoms with Gasteiger partial charge in [-0.25, -0.2) is 0 Å². The SMILES string of the molecule is CC(CN)C(=O)NCCc1ccccc1Cl.Cl. The number of hydrogen-bond acceptors (Lipinski definition) is 2. The molecule has 0 heterocycles. The zero-order chi connectivity index (χ0) is 12.0. The predicted octanol–water partition coefficient (Wildman–Crippen LogP) is 2.02. The van der Waals surface area contributed by atoms with Crippen molar-refractivity contribution in [1.82, 2.24) is 5.32 Å². The Balaban J connectivity index is 0.00000256. The number of nitrogens with two attached hydrogens (primary N) is 1. The van der Waals surface area contributed by atoms with Crippen LogP contribution >= 0.6 is 24.0 Å². The summed E-state index contributed by atoms with van der Waals surface area (Å²) in [7, 11) is 0. The molecule has 0 saturated heterocycles. The molecule has 0 aliphatic carbocycles. The van der Waals surface area contributed by atoms with Crippen molar-refractivity contribution in [1.29, 1.82) is 0 Å². The van der Waals surface area contributed by atoms with Crippen molar-refractivity contribution in [3.8, 4) is 0 Å². The van der Waals surface area contributed by atoms with Gasteiger partial charge in [0.05, 0.1) is 0 Å². The zero-order valence-electron chi connectivity index (χ0n) is 9.78. The number of hydrogen-bond donors (Lipinski definition) is 2. The summed E-state index contributed by atoms with van der Waals surface area (Å²) < 4.78 is 0. The number of rotatable bonds is 5. The second kappa shape index (κ2) is 8.34. The van der Waals surface area contributed by atoms with Gasteiger partial charge in [-0.15, -0.1) is 12.4 Å². The Morgan fingerprint density at radius 3 is 2.71 bits per heavy atom. The molecule has 17 heavy (non-hydrogen) atoms. The molecule has 1 rings (SSSR count). The van der Waals surface area contributed by atoms with Crippen LogP contribution in [0.3, 0.4) is 0 Å². The second-order valence-corrected chi connectivity index (χ2v) is 4.18. The topological polar surface area (TPSA) is 55.1 Å². The van der Waals surface area contributed by atoms with Gasteiger partial charge in [0, 0.05) is 24.0 Å². The van der Waals surface area contributed by atoms with Crippen LogP contribution in [-0.2, 0) is 11.2 Å². The molecular weight excluding hydrogens is 259 g/mol. The van der Waals surface area contributed by atoms with Crippen LogP contribution in [-0.4, -0.2) is 19.0 Å². The van der Waals surface area contributed by atoms with E-state index in [0.717, 1.165) is 17.0 Å². The molecule has 0 radical (unpaired) electrons. The lowest BCUT2D eigenvalue weighted by molar-refractivity contribution is -0.124. The van der Waals surface area contributed by atoms with Gasteiger partial charge in [-0.2, -0.15) is 0 Å². The van der Waals surface area contributed by atoms with Crippen LogP contribution in [0.4, 0.5) is 0 Å². The fourth-order valence-electron chi connectivity index (χ4n) is 1.30. The van der Waals surface area contributed by atoms with E-state index < -0.39 is 0 Å². The summed E-state index contributed by atoms with van der Waals surface area (Å²) in [6.45, 7) is 2.77. The molecule has 3 N–H and O–H groups in total. The van der Waals surface area contributed by atoms with Crippen LogP contribution in [0.25, 0.3) is 0 Å². The molecule has 1 atom stereocenters. The van der Waals surface area contributed by atoms with Gasteiger partial charge in [-0.05, 0) is 18.1 Å². The van der Waals surface area contributed by atoms with Gasteiger partial charge in [0.25, 0.3) is 0 Å². The van der Waals surface area contributed by atoms with Crippen molar-refractivity contribution in [2.45, 2.75) is 13.3 Å². The predicted molar refractivity (Wildman–Crippen MR) is 73.6 cm³/mol. The van der Waals surface area contributed by atoms with Crippen LogP contribution in [0.5, 0.6) is 0 Å². The molecule has 3 nitrogen and oxygen atoms in total. The Kier molecular flexibility index (Phi) is 7.96. The van der Waals surface area contributed by atoms with E-state index in [1.807, 2.05) is 31.2 Å². The maximum Gasteiger partial charge on any atom is 0.224 e. The van der Waals surface area contributed by atoms with Crippen LogP contribution < -0.4 is 11.1 Å². The Morgan fingerprint density at radius 2 is 2.12 bits per heavy atom. The molecule has 0 spiro atoms. The average Bonchev–Trinajstić information content (AvgIpc) is 2.30. The molecule has 96 valence electrons. The lowest BCUT2D eigenvalue weighted by Gasteiger charge is -2.10. The van der Waals surface area contributed by atoms with E-state index in [1.54, 1.807) is 0 Å². The second-order valence-electron chi connectivity index (χ2n) is 3.77. The lowest BCUT2D eigenvalue weighted by Crippen LogP contribution is -2.34. The highest BCUT2D eigenvalue weighted by Crippen LogP contribution is 2.14. The number of carbonyl (C=O) groups excluding carboxylic acids is 1. The standard InChI is InChI=1S/C12H17ClN2O.ClH/c1-9(8-14)12(16)15-7-6-10-4-2-3-5-11(10)13;/h2-5,9H,6-8,14H2,1H3,(H,15,16);1H. The monoisotopic (exact) mass is 276 g/mol. The summed E-state index contributed by atoms with van der Waals surface area (Å²) >= 11 is 6.00. The van der Waals surface area contributed by atoms with E-state index in [2.05, 4.69) is 5.32 Å². The first-order valence-electron chi connectivity index (χ1n) is 5.36. The normalized spacial score (nSPS) is 11.5. The molecular formula is C12H18Cl2N2O. The van der Waals surface area contributed by atoms with Crippen LogP contribution in [0.2, 0.25) is 5.02 Å². The van der Waals surface area contributed by atoms with Crippen LogP contribution in [0, 0.1) is 5.92 Å². The number of amides is 1. The molecule has 0 fully saturated rings. The zero-order valence-corrected chi connectivity index (χ0v) is 11.4.